The molecule has 4 aliphatic rings. The van der Waals surface area contributed by atoms with Gasteiger partial charge in [-0.25, -0.2) is 9.98 Å². The lowest BCUT2D eigenvalue weighted by Crippen LogP contribution is -2.21. The lowest BCUT2D eigenvalue weighted by molar-refractivity contribution is 0.486. The van der Waals surface area contributed by atoms with Crippen molar-refractivity contribution in [3.8, 4) is 0 Å². The highest BCUT2D eigenvalue weighted by Gasteiger charge is 2.35. The van der Waals surface area contributed by atoms with E-state index in [1.54, 1.807) is 0 Å². The topological polar surface area (TPSA) is 52.9 Å². The van der Waals surface area contributed by atoms with E-state index in [1.165, 1.54) is 27.8 Å². The molecule has 0 aliphatic carbocycles. The molecule has 0 saturated carbocycles. The van der Waals surface area contributed by atoms with Crippen molar-refractivity contribution in [1.29, 1.82) is 0 Å². The molecule has 4 nitrogen and oxygen atoms in total. The van der Waals surface area contributed by atoms with Gasteiger partial charge in [-0.1, -0.05) is 140 Å². The van der Waals surface area contributed by atoms with Crippen LogP contribution in [-0.4, -0.2) is 22.1 Å². The molecular weight excluding hydrogens is 693 g/mol. The standard InChI is InChI=1S/C53H48N4/c1-7-32(2)30-41-42-31-54-53(41)52(40-22-14-36(6)15-23-40)48-29-28-47(57-48)51(39-20-12-35(5)13-21-39)46-27-26-45(56-46)50(38-18-10-34(4)11-19-38)44-25-24-43(55-44)49(42)37-16-8-33(3)9-17-37/h8-29,31-32,41,56H,7,30H2,1-6H3/t32-,41?/m0/s1. The lowest BCUT2D eigenvalue weighted by Gasteiger charge is -2.25. The molecule has 9 rings (SSSR count). The van der Waals surface area contributed by atoms with Gasteiger partial charge in [0.2, 0.25) is 0 Å². The van der Waals surface area contributed by atoms with E-state index in [2.05, 4.69) is 186 Å². The van der Waals surface area contributed by atoms with Crippen molar-refractivity contribution in [3.05, 3.63) is 212 Å². The van der Waals surface area contributed by atoms with Gasteiger partial charge in [-0.3, -0.25) is 4.99 Å². The van der Waals surface area contributed by atoms with Crippen LogP contribution < -0.4 is 10.7 Å². The molecule has 280 valence electrons. The molecule has 4 aliphatic heterocycles. The molecule has 1 N–H and O–H groups in total. The van der Waals surface area contributed by atoms with E-state index < -0.39 is 0 Å². The van der Waals surface area contributed by atoms with Crippen molar-refractivity contribution in [2.24, 2.45) is 26.8 Å². The number of aromatic nitrogens is 1. The van der Waals surface area contributed by atoms with Crippen molar-refractivity contribution in [2.75, 3.05) is 0 Å². The summed E-state index contributed by atoms with van der Waals surface area (Å²) in [5.41, 5.74) is 19.7. The van der Waals surface area contributed by atoms with Gasteiger partial charge in [0.25, 0.3) is 0 Å². The molecule has 4 aromatic carbocycles. The summed E-state index contributed by atoms with van der Waals surface area (Å²) in [6.45, 7) is 13.2. The fraction of sp³-hybridized carbons (Fsp3) is 0.189. The van der Waals surface area contributed by atoms with Crippen LogP contribution in [0.1, 0.15) is 71.2 Å². The van der Waals surface area contributed by atoms with Gasteiger partial charge in [-0.05, 0) is 104 Å². The van der Waals surface area contributed by atoms with Gasteiger partial charge < -0.3 is 4.98 Å². The quantitative estimate of drug-likeness (QED) is 0.173. The van der Waals surface area contributed by atoms with Crippen LogP contribution in [0.4, 0.5) is 0 Å². The van der Waals surface area contributed by atoms with E-state index in [4.69, 9.17) is 15.0 Å². The first-order valence-electron chi connectivity index (χ1n) is 20.3. The first-order chi connectivity index (χ1) is 27.7. The number of hydrogen-bond acceptors (Lipinski definition) is 3. The predicted octanol–water partition coefficient (Wildman–Crippen LogP) is 10.9. The van der Waals surface area contributed by atoms with E-state index in [0.29, 0.717) is 5.92 Å². The first kappa shape index (κ1) is 36.3. The number of benzene rings is 4. The monoisotopic (exact) mass is 740 g/mol. The highest BCUT2D eigenvalue weighted by Crippen LogP contribution is 2.44. The van der Waals surface area contributed by atoms with E-state index in [9.17, 15) is 0 Å². The average Bonchev–Trinajstić information content (AvgIpc) is 4.06. The maximum absolute atomic E-state index is 5.56. The number of H-pyrrole nitrogens is 1. The number of hydrogen-bond donors (Lipinski definition) is 1. The molecule has 5 heterocycles. The van der Waals surface area contributed by atoms with Crippen LogP contribution >= 0.6 is 0 Å². The molecule has 0 amide bonds. The number of rotatable bonds is 7. The van der Waals surface area contributed by atoms with Gasteiger partial charge in [0, 0.05) is 45.1 Å². The van der Waals surface area contributed by atoms with Crippen molar-refractivity contribution >= 4 is 39.4 Å². The van der Waals surface area contributed by atoms with E-state index in [-0.39, 0.29) is 5.92 Å². The molecular formula is C53H48N4. The van der Waals surface area contributed by atoms with Crippen LogP contribution in [0.15, 0.2) is 172 Å². The fourth-order valence-electron chi connectivity index (χ4n) is 8.37. The fourth-order valence-corrected chi connectivity index (χ4v) is 8.37. The van der Waals surface area contributed by atoms with Crippen LogP contribution in [0, 0.1) is 39.5 Å². The number of nitrogens with one attached hydrogen (secondary N) is 1. The van der Waals surface area contributed by atoms with Crippen LogP contribution in [0.5, 0.6) is 0 Å². The third kappa shape index (κ3) is 6.91. The Morgan fingerprint density at radius 1 is 0.509 bits per heavy atom. The van der Waals surface area contributed by atoms with Crippen molar-refractivity contribution in [3.63, 3.8) is 0 Å². The summed E-state index contributed by atoms with van der Waals surface area (Å²) in [6.07, 6.45) is 12.9. The normalized spacial score (nSPS) is 18.0. The molecule has 5 aromatic rings. The van der Waals surface area contributed by atoms with Gasteiger partial charge in [0.15, 0.2) is 0 Å². The van der Waals surface area contributed by atoms with E-state index >= 15 is 0 Å². The molecule has 0 radical (unpaired) electrons. The molecule has 8 bridgehead atoms. The third-order valence-corrected chi connectivity index (χ3v) is 11.8. The van der Waals surface area contributed by atoms with Gasteiger partial charge in [0.1, 0.15) is 0 Å². The Bertz CT molecular complexity index is 2600. The lowest BCUT2D eigenvalue weighted by atomic mass is 9.77. The third-order valence-electron chi connectivity index (χ3n) is 11.8. The Labute approximate surface area is 336 Å². The second-order valence-corrected chi connectivity index (χ2v) is 16.1. The van der Waals surface area contributed by atoms with E-state index in [1.807, 2.05) is 0 Å². The van der Waals surface area contributed by atoms with Crippen LogP contribution in [-0.2, 0) is 0 Å². The van der Waals surface area contributed by atoms with Crippen molar-refractivity contribution < 1.29 is 0 Å². The highest BCUT2D eigenvalue weighted by molar-refractivity contribution is 6.34. The van der Waals surface area contributed by atoms with E-state index in [0.717, 1.165) is 96.6 Å². The highest BCUT2D eigenvalue weighted by atomic mass is 14.8. The summed E-state index contributed by atoms with van der Waals surface area (Å²) in [4.78, 5) is 20.4. The second kappa shape index (κ2) is 14.9. The maximum Gasteiger partial charge on any atom is 0.0737 e. The number of allylic oxidation sites excluding steroid dienone is 7. The Morgan fingerprint density at radius 3 is 1.35 bits per heavy atom. The summed E-state index contributed by atoms with van der Waals surface area (Å²) in [6, 6.07) is 39.7. The minimum absolute atomic E-state index is 0.0325. The number of aryl methyl sites for hydroxylation is 4. The Kier molecular flexibility index (Phi) is 9.50. The maximum atomic E-state index is 5.56. The molecule has 1 unspecified atom stereocenters. The van der Waals surface area contributed by atoms with Gasteiger partial charge in [0.05, 0.1) is 28.5 Å². The molecule has 0 fully saturated rings. The zero-order valence-corrected chi connectivity index (χ0v) is 33.7. The zero-order valence-electron chi connectivity index (χ0n) is 33.7. The first-order valence-corrected chi connectivity index (χ1v) is 20.3. The predicted molar refractivity (Wildman–Crippen MR) is 240 cm³/mol. The SMILES string of the molecule is CC[C@H](C)CC1C2=CN=C1C(c1ccc(C)cc1)=C1C=CC(=N1)C(c1ccc(C)cc1)=c1ccc([nH]1)=C(c1ccc(C)cc1)C1=NC(=C2c2ccc(C)cc2)C=C1. The molecule has 0 saturated heterocycles. The van der Waals surface area contributed by atoms with Crippen LogP contribution in [0.3, 0.4) is 0 Å². The van der Waals surface area contributed by atoms with Crippen molar-refractivity contribution in [1.82, 2.24) is 4.98 Å². The number of nitrogens with zero attached hydrogens (tertiary/aromatic N) is 3. The summed E-state index contributed by atoms with van der Waals surface area (Å²) in [5.74, 6) is 0.505. The number of aliphatic imine (C=N–C) groups is 3. The summed E-state index contributed by atoms with van der Waals surface area (Å²) < 4.78 is 0. The van der Waals surface area contributed by atoms with Gasteiger partial charge >= 0.3 is 0 Å². The molecule has 57 heavy (non-hydrogen) atoms. The Balaban J connectivity index is 1.41. The van der Waals surface area contributed by atoms with Gasteiger partial charge in [-0.15, -0.1) is 0 Å². The molecule has 1 aromatic heterocycles. The summed E-state index contributed by atoms with van der Waals surface area (Å²) in [5, 5.41) is 2.01. The minimum atomic E-state index is 0.0325. The number of fused-ring (bicyclic) bond motifs is 6. The van der Waals surface area contributed by atoms with Crippen LogP contribution in [0.25, 0.3) is 22.3 Å². The molecule has 0 spiro atoms. The zero-order chi connectivity index (χ0) is 39.2. The van der Waals surface area contributed by atoms with Crippen molar-refractivity contribution in [2.45, 2.75) is 54.4 Å². The molecule has 2 atom stereocenters. The van der Waals surface area contributed by atoms with Crippen LogP contribution in [0.2, 0.25) is 0 Å². The largest absolute Gasteiger partial charge is 0.354 e. The second-order valence-electron chi connectivity index (χ2n) is 16.1. The summed E-state index contributed by atoms with van der Waals surface area (Å²) in [7, 11) is 0. The smallest absolute Gasteiger partial charge is 0.0737 e. The van der Waals surface area contributed by atoms with Gasteiger partial charge in [-0.2, -0.15) is 0 Å². The average molecular weight is 741 g/mol. The summed E-state index contributed by atoms with van der Waals surface area (Å²) >= 11 is 0. The Hall–Kier alpha value is -6.39. The Morgan fingerprint density at radius 2 is 0.912 bits per heavy atom. The molecule has 4 heteroatoms. The number of aromatic amines is 1. The minimum Gasteiger partial charge on any atom is -0.354 e.